The standard InChI is InChI=1S/C21H28N2O5S/c1-4-14-23(15-5-2)29(25,26)20-12-6-17(7-13-20)22-21(24)16-28-19-10-8-18(27-3)9-11-19/h6-13H,4-5,14-16H2,1-3H3,(H,22,24). The van der Waals surface area contributed by atoms with E-state index in [4.69, 9.17) is 9.47 Å². The number of amides is 1. The van der Waals surface area contributed by atoms with Gasteiger partial charge in [0.05, 0.1) is 12.0 Å². The Morgan fingerprint density at radius 3 is 2.00 bits per heavy atom. The third kappa shape index (κ3) is 6.47. The van der Waals surface area contributed by atoms with Gasteiger partial charge in [0.25, 0.3) is 5.91 Å². The first-order chi connectivity index (χ1) is 13.9. The zero-order chi connectivity index (χ0) is 21.3. The van der Waals surface area contributed by atoms with Crippen LogP contribution in [0.3, 0.4) is 0 Å². The SMILES string of the molecule is CCCN(CCC)S(=O)(=O)c1ccc(NC(=O)COc2ccc(OC)cc2)cc1. The van der Waals surface area contributed by atoms with E-state index < -0.39 is 10.0 Å². The molecule has 158 valence electrons. The molecule has 2 aromatic carbocycles. The average Bonchev–Trinajstić information content (AvgIpc) is 2.73. The minimum atomic E-state index is -3.54. The molecule has 0 radical (unpaired) electrons. The number of nitrogens with one attached hydrogen (secondary N) is 1. The highest BCUT2D eigenvalue weighted by atomic mass is 32.2. The van der Waals surface area contributed by atoms with Gasteiger partial charge < -0.3 is 14.8 Å². The highest BCUT2D eigenvalue weighted by Gasteiger charge is 2.22. The summed E-state index contributed by atoms with van der Waals surface area (Å²) in [6, 6.07) is 13.1. The lowest BCUT2D eigenvalue weighted by molar-refractivity contribution is -0.118. The third-order valence-corrected chi connectivity index (χ3v) is 6.06. The predicted octanol–water partition coefficient (Wildman–Crippen LogP) is 3.52. The number of anilines is 1. The van der Waals surface area contributed by atoms with E-state index in [1.165, 1.54) is 16.4 Å². The van der Waals surface area contributed by atoms with Gasteiger partial charge >= 0.3 is 0 Å². The number of carbonyl (C=O) groups is 1. The number of benzene rings is 2. The minimum Gasteiger partial charge on any atom is -0.497 e. The molecule has 29 heavy (non-hydrogen) atoms. The monoisotopic (exact) mass is 420 g/mol. The largest absolute Gasteiger partial charge is 0.497 e. The van der Waals surface area contributed by atoms with E-state index in [2.05, 4.69) is 5.32 Å². The van der Waals surface area contributed by atoms with Crippen molar-refractivity contribution in [3.05, 3.63) is 48.5 Å². The lowest BCUT2D eigenvalue weighted by Crippen LogP contribution is -2.32. The Morgan fingerprint density at radius 1 is 0.931 bits per heavy atom. The van der Waals surface area contributed by atoms with Gasteiger partial charge in [-0.25, -0.2) is 8.42 Å². The van der Waals surface area contributed by atoms with Gasteiger partial charge in [0, 0.05) is 18.8 Å². The predicted molar refractivity (Wildman–Crippen MR) is 113 cm³/mol. The number of rotatable bonds is 11. The van der Waals surface area contributed by atoms with Crippen LogP contribution in [0.25, 0.3) is 0 Å². The molecule has 0 unspecified atom stereocenters. The van der Waals surface area contributed by atoms with E-state index in [1.807, 2.05) is 13.8 Å². The first-order valence-electron chi connectivity index (χ1n) is 9.57. The second-order valence-electron chi connectivity index (χ2n) is 6.44. The smallest absolute Gasteiger partial charge is 0.262 e. The molecule has 0 atom stereocenters. The van der Waals surface area contributed by atoms with Crippen LogP contribution in [0.4, 0.5) is 5.69 Å². The van der Waals surface area contributed by atoms with Crippen molar-refractivity contribution in [3.63, 3.8) is 0 Å². The molecule has 0 spiro atoms. The van der Waals surface area contributed by atoms with Crippen LogP contribution in [-0.4, -0.2) is 45.4 Å². The highest BCUT2D eigenvalue weighted by molar-refractivity contribution is 7.89. The van der Waals surface area contributed by atoms with E-state index in [-0.39, 0.29) is 17.4 Å². The molecule has 0 aliphatic carbocycles. The normalized spacial score (nSPS) is 11.3. The Kier molecular flexibility index (Phi) is 8.48. The quantitative estimate of drug-likeness (QED) is 0.601. The van der Waals surface area contributed by atoms with Gasteiger partial charge in [-0.15, -0.1) is 0 Å². The molecule has 0 saturated heterocycles. The topological polar surface area (TPSA) is 84.9 Å². The zero-order valence-electron chi connectivity index (χ0n) is 17.1. The van der Waals surface area contributed by atoms with Crippen LogP contribution < -0.4 is 14.8 Å². The fourth-order valence-corrected chi connectivity index (χ4v) is 4.35. The molecule has 2 rings (SSSR count). The van der Waals surface area contributed by atoms with Crippen LogP contribution >= 0.6 is 0 Å². The number of sulfonamides is 1. The number of carbonyl (C=O) groups excluding carboxylic acids is 1. The van der Waals surface area contributed by atoms with Crippen LogP contribution in [0, 0.1) is 0 Å². The molecular formula is C21H28N2O5S. The Morgan fingerprint density at radius 2 is 1.48 bits per heavy atom. The average molecular weight is 421 g/mol. The molecule has 0 bridgehead atoms. The van der Waals surface area contributed by atoms with Gasteiger partial charge in [-0.05, 0) is 61.4 Å². The first kappa shape index (κ1) is 22.7. The summed E-state index contributed by atoms with van der Waals surface area (Å²) in [5.41, 5.74) is 0.504. The van der Waals surface area contributed by atoms with Gasteiger partial charge in [-0.3, -0.25) is 4.79 Å². The van der Waals surface area contributed by atoms with Crippen molar-refractivity contribution in [2.45, 2.75) is 31.6 Å². The first-order valence-corrected chi connectivity index (χ1v) is 11.0. The van der Waals surface area contributed by atoms with E-state index >= 15 is 0 Å². The van der Waals surface area contributed by atoms with Gasteiger partial charge in [0.2, 0.25) is 10.0 Å². The number of nitrogens with zero attached hydrogens (tertiary/aromatic N) is 1. The summed E-state index contributed by atoms with van der Waals surface area (Å²) in [7, 11) is -1.96. The maximum atomic E-state index is 12.8. The van der Waals surface area contributed by atoms with E-state index in [0.29, 0.717) is 30.3 Å². The summed E-state index contributed by atoms with van der Waals surface area (Å²) in [6.07, 6.45) is 1.50. The third-order valence-electron chi connectivity index (χ3n) is 4.15. The summed E-state index contributed by atoms with van der Waals surface area (Å²) < 4.78 is 37.5. The van der Waals surface area contributed by atoms with Gasteiger partial charge in [-0.2, -0.15) is 4.31 Å². The van der Waals surface area contributed by atoms with E-state index in [1.54, 1.807) is 43.5 Å². The molecule has 0 heterocycles. The van der Waals surface area contributed by atoms with Crippen molar-refractivity contribution in [1.82, 2.24) is 4.31 Å². The summed E-state index contributed by atoms with van der Waals surface area (Å²) >= 11 is 0. The van der Waals surface area contributed by atoms with Gasteiger partial charge in [0.15, 0.2) is 6.61 Å². The summed E-state index contributed by atoms with van der Waals surface area (Å²) in [4.78, 5) is 12.3. The van der Waals surface area contributed by atoms with Crippen molar-refractivity contribution in [1.29, 1.82) is 0 Å². The van der Waals surface area contributed by atoms with E-state index in [0.717, 1.165) is 12.8 Å². The Hall–Kier alpha value is -2.58. The van der Waals surface area contributed by atoms with Crippen molar-refractivity contribution >= 4 is 21.6 Å². The maximum Gasteiger partial charge on any atom is 0.262 e. The van der Waals surface area contributed by atoms with Crippen molar-refractivity contribution < 1.29 is 22.7 Å². The second kappa shape index (κ2) is 10.8. The summed E-state index contributed by atoms with van der Waals surface area (Å²) in [5.74, 6) is 0.914. The van der Waals surface area contributed by atoms with Crippen LogP contribution in [0.15, 0.2) is 53.4 Å². The molecule has 0 aliphatic heterocycles. The Bertz CT molecular complexity index is 874. The lowest BCUT2D eigenvalue weighted by Gasteiger charge is -2.21. The van der Waals surface area contributed by atoms with Crippen LogP contribution in [0.2, 0.25) is 0 Å². The molecule has 0 fully saturated rings. The molecule has 7 nitrogen and oxygen atoms in total. The Labute approximate surface area is 172 Å². The van der Waals surface area contributed by atoms with Crippen molar-refractivity contribution in [3.8, 4) is 11.5 Å². The maximum absolute atomic E-state index is 12.8. The van der Waals surface area contributed by atoms with Crippen molar-refractivity contribution in [2.75, 3.05) is 32.1 Å². The highest BCUT2D eigenvalue weighted by Crippen LogP contribution is 2.20. The molecule has 1 N–H and O–H groups in total. The van der Waals surface area contributed by atoms with Gasteiger partial charge in [-0.1, -0.05) is 13.8 Å². The number of hydrogen-bond donors (Lipinski definition) is 1. The summed E-state index contributed by atoms with van der Waals surface area (Å²) in [5, 5.41) is 2.70. The van der Waals surface area contributed by atoms with Gasteiger partial charge in [0.1, 0.15) is 11.5 Å². The second-order valence-corrected chi connectivity index (χ2v) is 8.38. The molecule has 2 aromatic rings. The molecular weight excluding hydrogens is 392 g/mol. The minimum absolute atomic E-state index is 0.160. The van der Waals surface area contributed by atoms with Crippen molar-refractivity contribution in [2.24, 2.45) is 0 Å². The fraction of sp³-hybridized carbons (Fsp3) is 0.381. The van der Waals surface area contributed by atoms with Crippen LogP contribution in [0.5, 0.6) is 11.5 Å². The number of ether oxygens (including phenoxy) is 2. The van der Waals surface area contributed by atoms with Crippen LogP contribution in [0.1, 0.15) is 26.7 Å². The molecule has 0 aliphatic rings. The lowest BCUT2D eigenvalue weighted by atomic mass is 10.3. The summed E-state index contributed by atoms with van der Waals surface area (Å²) in [6.45, 7) is 4.71. The molecule has 1 amide bonds. The number of methoxy groups -OCH3 is 1. The Balaban J connectivity index is 1.95. The zero-order valence-corrected chi connectivity index (χ0v) is 17.9. The number of hydrogen-bond acceptors (Lipinski definition) is 5. The van der Waals surface area contributed by atoms with E-state index in [9.17, 15) is 13.2 Å². The molecule has 0 aromatic heterocycles. The fourth-order valence-electron chi connectivity index (χ4n) is 2.73. The van der Waals surface area contributed by atoms with Crippen LogP contribution in [-0.2, 0) is 14.8 Å². The molecule has 8 heteroatoms. The molecule has 0 saturated carbocycles.